The number of benzene rings is 4. The lowest BCUT2D eigenvalue weighted by Crippen LogP contribution is -2.24. The van der Waals surface area contributed by atoms with Crippen LogP contribution in [0.2, 0.25) is 5.02 Å². The fraction of sp³-hybridized carbons (Fsp3) is 0.100. The van der Waals surface area contributed by atoms with Gasteiger partial charge >= 0.3 is 0 Å². The van der Waals surface area contributed by atoms with E-state index in [0.29, 0.717) is 38.9 Å². The van der Waals surface area contributed by atoms with Gasteiger partial charge in [-0.2, -0.15) is 0 Å². The monoisotopic (exact) mass is 617 g/mol. The van der Waals surface area contributed by atoms with E-state index in [1.54, 1.807) is 78.9 Å². The van der Waals surface area contributed by atoms with E-state index in [0.717, 1.165) is 9.99 Å². The molecule has 5 rings (SSSR count). The van der Waals surface area contributed by atoms with Crippen LogP contribution >= 0.6 is 11.6 Å². The Balaban J connectivity index is 1.47. The van der Waals surface area contributed by atoms with Crippen LogP contribution < -0.4 is 29.7 Å². The second-order valence-electron chi connectivity index (χ2n) is 9.08. The summed E-state index contributed by atoms with van der Waals surface area (Å²) in [4.78, 5) is 22.0. The van der Waals surface area contributed by atoms with Crippen molar-refractivity contribution in [1.29, 1.82) is 0 Å². The molecule has 0 aliphatic carbocycles. The molecule has 1 amide bonds. The average molecular weight is 618 g/mol. The molecule has 220 valence electrons. The van der Waals surface area contributed by atoms with Gasteiger partial charge in [-0.1, -0.05) is 29.8 Å². The Morgan fingerprint density at radius 2 is 1.53 bits per heavy atom. The van der Waals surface area contributed by atoms with Crippen molar-refractivity contribution in [2.45, 2.75) is 0 Å². The van der Waals surface area contributed by atoms with E-state index in [-0.39, 0.29) is 29.8 Å². The number of nitrogens with one attached hydrogen (secondary N) is 3. The van der Waals surface area contributed by atoms with Gasteiger partial charge in [-0.15, -0.1) is 0 Å². The molecule has 1 atom stereocenters. The molecular formula is C30H26ClN6O5S-. The lowest BCUT2D eigenvalue weighted by molar-refractivity contribution is -0.114. The highest BCUT2D eigenvalue weighted by Gasteiger charge is 2.21. The molecule has 11 nitrogen and oxygen atoms in total. The molecule has 0 saturated carbocycles. The molecule has 5 aromatic rings. The smallest absolute Gasteiger partial charge is 0.243 e. The molecule has 0 fully saturated rings. The zero-order valence-corrected chi connectivity index (χ0v) is 24.6. The van der Waals surface area contributed by atoms with E-state index in [1.807, 2.05) is 6.07 Å². The maximum absolute atomic E-state index is 12.7. The van der Waals surface area contributed by atoms with Crippen molar-refractivity contribution in [1.82, 2.24) is 9.97 Å². The average Bonchev–Trinajstić information content (AvgIpc) is 3.01. The van der Waals surface area contributed by atoms with Gasteiger partial charge in [0.1, 0.15) is 11.5 Å². The van der Waals surface area contributed by atoms with Crippen molar-refractivity contribution in [3.8, 4) is 11.5 Å². The zero-order valence-electron chi connectivity index (χ0n) is 23.0. The van der Waals surface area contributed by atoms with Crippen LogP contribution in [0.4, 0.5) is 34.4 Å². The van der Waals surface area contributed by atoms with Crippen LogP contribution in [0.15, 0.2) is 91.0 Å². The Kier molecular flexibility index (Phi) is 9.20. The molecule has 3 N–H and O–H groups in total. The van der Waals surface area contributed by atoms with Crippen LogP contribution in [0.25, 0.3) is 11.0 Å². The van der Waals surface area contributed by atoms with Gasteiger partial charge in [0.2, 0.25) is 5.91 Å². The Bertz CT molecular complexity index is 1770. The molecule has 1 aromatic heterocycles. The number of ether oxygens (including phenoxy) is 2. The normalized spacial score (nSPS) is 11.4. The Morgan fingerprint density at radius 3 is 2.19 bits per heavy atom. The largest absolute Gasteiger partial charge is 0.755 e. The van der Waals surface area contributed by atoms with Crippen LogP contribution in [0.5, 0.6) is 11.5 Å². The number of para-hydroxylation sites is 2. The Morgan fingerprint density at radius 1 is 0.860 bits per heavy atom. The summed E-state index contributed by atoms with van der Waals surface area (Å²) in [6.07, 6.45) is 0. The number of halogens is 1. The summed E-state index contributed by atoms with van der Waals surface area (Å²) in [7, 11) is 3.06. The second kappa shape index (κ2) is 13.4. The molecule has 1 unspecified atom stereocenters. The van der Waals surface area contributed by atoms with Crippen LogP contribution in [-0.4, -0.2) is 45.4 Å². The SMILES string of the molecule is COc1cc(Nc2nc3ccccc3nc2N(c2cccc(NC(=O)CNc3ccc(Cl)cc3)c2)S(=O)[O-])cc(OC)c1. The lowest BCUT2D eigenvalue weighted by atomic mass is 10.2. The summed E-state index contributed by atoms with van der Waals surface area (Å²) in [6.45, 7) is -0.0166. The lowest BCUT2D eigenvalue weighted by Gasteiger charge is -2.27. The number of amides is 1. The van der Waals surface area contributed by atoms with Gasteiger partial charge in [0, 0.05) is 40.3 Å². The molecule has 0 bridgehead atoms. The predicted molar refractivity (Wildman–Crippen MR) is 168 cm³/mol. The highest BCUT2D eigenvalue weighted by molar-refractivity contribution is 7.81. The summed E-state index contributed by atoms with van der Waals surface area (Å²) < 4.78 is 37.2. The molecule has 0 radical (unpaired) electrons. The molecular weight excluding hydrogens is 592 g/mol. The molecule has 0 aliphatic heterocycles. The van der Waals surface area contributed by atoms with Gasteiger partial charge in [0.25, 0.3) is 0 Å². The minimum atomic E-state index is -2.82. The predicted octanol–water partition coefficient (Wildman–Crippen LogP) is 6.03. The molecule has 43 heavy (non-hydrogen) atoms. The van der Waals surface area contributed by atoms with Gasteiger partial charge < -0.3 is 30.0 Å². The summed E-state index contributed by atoms with van der Waals surface area (Å²) in [5.41, 5.74) is 2.91. The fourth-order valence-corrected chi connectivity index (χ4v) is 4.86. The van der Waals surface area contributed by atoms with E-state index in [2.05, 4.69) is 25.9 Å². The fourth-order valence-electron chi connectivity index (χ4n) is 4.18. The topological polar surface area (TPSA) is 141 Å². The van der Waals surface area contributed by atoms with Gasteiger partial charge in [0.05, 0.1) is 48.8 Å². The summed E-state index contributed by atoms with van der Waals surface area (Å²) in [5, 5.41) is 9.55. The van der Waals surface area contributed by atoms with Crippen molar-refractivity contribution in [3.05, 3.63) is 96.0 Å². The third-order valence-corrected chi connectivity index (χ3v) is 7.10. The molecule has 4 aromatic carbocycles. The second-order valence-corrected chi connectivity index (χ2v) is 10.3. The number of hydrogen-bond donors (Lipinski definition) is 3. The summed E-state index contributed by atoms with van der Waals surface area (Å²) in [6, 6.07) is 25.6. The first-order chi connectivity index (χ1) is 20.8. The quantitative estimate of drug-likeness (QED) is 0.152. The van der Waals surface area contributed by atoms with Crippen molar-refractivity contribution in [3.63, 3.8) is 0 Å². The number of methoxy groups -OCH3 is 2. The van der Waals surface area contributed by atoms with E-state index < -0.39 is 11.3 Å². The van der Waals surface area contributed by atoms with Gasteiger partial charge in [-0.25, -0.2) is 9.97 Å². The number of fused-ring (bicyclic) bond motifs is 1. The number of carbonyl (C=O) groups is 1. The molecule has 0 aliphatic rings. The van der Waals surface area contributed by atoms with Gasteiger partial charge in [-0.3, -0.25) is 13.3 Å². The maximum Gasteiger partial charge on any atom is 0.243 e. The number of carbonyl (C=O) groups excluding carboxylic acids is 1. The molecule has 13 heteroatoms. The highest BCUT2D eigenvalue weighted by Crippen LogP contribution is 2.36. The van der Waals surface area contributed by atoms with Crippen molar-refractivity contribution < 1.29 is 23.0 Å². The summed E-state index contributed by atoms with van der Waals surface area (Å²) >= 11 is 3.09. The number of rotatable bonds is 11. The van der Waals surface area contributed by atoms with Crippen LogP contribution in [0.1, 0.15) is 0 Å². The Hall–Kier alpha value is -4.91. The molecule has 1 heterocycles. The first kappa shape index (κ1) is 29.6. The first-order valence-corrected chi connectivity index (χ1v) is 14.3. The van der Waals surface area contributed by atoms with Crippen molar-refractivity contribution in [2.24, 2.45) is 0 Å². The third kappa shape index (κ3) is 7.30. The minimum Gasteiger partial charge on any atom is -0.755 e. The first-order valence-electron chi connectivity index (χ1n) is 12.9. The van der Waals surface area contributed by atoms with E-state index in [4.69, 9.17) is 21.1 Å². The van der Waals surface area contributed by atoms with Crippen LogP contribution in [0, 0.1) is 0 Å². The maximum atomic E-state index is 12.7. The number of nitrogens with zero attached hydrogens (tertiary/aromatic N) is 3. The van der Waals surface area contributed by atoms with Crippen molar-refractivity contribution in [2.75, 3.05) is 41.0 Å². The number of hydrogen-bond acceptors (Lipinski definition) is 9. The summed E-state index contributed by atoms with van der Waals surface area (Å²) in [5.74, 6) is 0.897. The van der Waals surface area contributed by atoms with Gasteiger partial charge in [-0.05, 0) is 54.6 Å². The highest BCUT2D eigenvalue weighted by atomic mass is 35.5. The van der Waals surface area contributed by atoms with Gasteiger partial charge in [0.15, 0.2) is 11.6 Å². The number of aromatic nitrogens is 2. The van der Waals surface area contributed by atoms with E-state index in [1.165, 1.54) is 20.3 Å². The van der Waals surface area contributed by atoms with Crippen LogP contribution in [0.3, 0.4) is 0 Å². The van der Waals surface area contributed by atoms with E-state index in [9.17, 15) is 13.6 Å². The van der Waals surface area contributed by atoms with E-state index >= 15 is 0 Å². The standard InChI is InChI=1S/C30H27ClN6O5S/c1-41-24-15-22(16-25(17-24)42-2)34-29-30(36-27-9-4-3-8-26(27)35-29)37(43(39)40)23-7-5-6-21(14-23)33-28(38)18-32-20-12-10-19(31)11-13-20/h3-17,32H,18H2,1-2H3,(H,33,38)(H,34,35)(H,39,40)/p-1. The minimum absolute atomic E-state index is 0.0155. The van der Waals surface area contributed by atoms with Crippen molar-refractivity contribution >= 4 is 74.2 Å². The third-order valence-electron chi connectivity index (χ3n) is 6.17. The molecule has 0 spiro atoms. The Labute approximate surface area is 255 Å². The molecule has 0 saturated heterocycles. The zero-order chi connectivity index (χ0) is 30.3. The number of anilines is 6. The van der Waals surface area contributed by atoms with Crippen LogP contribution in [-0.2, 0) is 16.1 Å².